The molecule has 1 fully saturated rings. The molecule has 0 unspecified atom stereocenters. The molecule has 3 heterocycles. The lowest BCUT2D eigenvalue weighted by atomic mass is 10.1. The van der Waals surface area contributed by atoms with Gasteiger partial charge in [0.15, 0.2) is 5.82 Å². The molecule has 0 bridgehead atoms. The van der Waals surface area contributed by atoms with E-state index in [9.17, 15) is 4.39 Å². The van der Waals surface area contributed by atoms with Crippen molar-refractivity contribution in [1.82, 2.24) is 25.1 Å². The summed E-state index contributed by atoms with van der Waals surface area (Å²) in [6.45, 7) is 5.96. The van der Waals surface area contributed by atoms with Gasteiger partial charge in [-0.25, -0.2) is 9.07 Å². The first-order valence-corrected chi connectivity index (χ1v) is 10.3. The molecule has 7 nitrogen and oxygen atoms in total. The van der Waals surface area contributed by atoms with Gasteiger partial charge in [-0.1, -0.05) is 31.9 Å². The fourth-order valence-corrected chi connectivity index (χ4v) is 3.97. The second-order valence-electron chi connectivity index (χ2n) is 7.41. The van der Waals surface area contributed by atoms with E-state index < -0.39 is 0 Å². The maximum atomic E-state index is 14.2. The Morgan fingerprint density at radius 3 is 2.66 bits per heavy atom. The fraction of sp³-hybridized carbons (Fsp3) is 0.476. The Balaban J connectivity index is 1.48. The highest BCUT2D eigenvalue weighted by atomic mass is 19.1. The van der Waals surface area contributed by atoms with Gasteiger partial charge in [0.2, 0.25) is 0 Å². The van der Waals surface area contributed by atoms with Crippen LogP contribution in [0.15, 0.2) is 47.1 Å². The first-order valence-electron chi connectivity index (χ1n) is 10.3. The summed E-state index contributed by atoms with van der Waals surface area (Å²) in [5.74, 6) is 1.54. The number of rotatable bonds is 8. The van der Waals surface area contributed by atoms with Crippen LogP contribution in [0.25, 0.3) is 0 Å². The van der Waals surface area contributed by atoms with Gasteiger partial charge in [-0.15, -0.1) is 5.10 Å². The molecule has 1 aromatic carbocycles. The van der Waals surface area contributed by atoms with Gasteiger partial charge in [-0.3, -0.25) is 4.90 Å². The summed E-state index contributed by atoms with van der Waals surface area (Å²) in [5.41, 5.74) is 0.680. The van der Waals surface area contributed by atoms with Crippen LogP contribution in [0.5, 0.6) is 0 Å². The number of piperazine rings is 1. The van der Waals surface area contributed by atoms with Crippen molar-refractivity contribution in [3.8, 4) is 0 Å². The van der Waals surface area contributed by atoms with Crippen molar-refractivity contribution in [3.05, 3.63) is 60.1 Å². The van der Waals surface area contributed by atoms with Crippen LogP contribution in [0, 0.1) is 5.82 Å². The molecule has 1 atom stereocenters. The van der Waals surface area contributed by atoms with Gasteiger partial charge in [-0.05, 0) is 41.1 Å². The van der Waals surface area contributed by atoms with E-state index in [0.717, 1.165) is 57.0 Å². The third kappa shape index (κ3) is 4.48. The molecule has 3 aromatic rings. The topological polar surface area (TPSA) is 63.2 Å². The second kappa shape index (κ2) is 9.17. The van der Waals surface area contributed by atoms with Crippen molar-refractivity contribution in [2.24, 2.45) is 0 Å². The number of tetrazole rings is 1. The largest absolute Gasteiger partial charge is 0.467 e. The molecule has 0 aliphatic carbocycles. The van der Waals surface area contributed by atoms with Crippen LogP contribution in [0.4, 0.5) is 10.1 Å². The number of unbranched alkanes of at least 4 members (excludes halogenated alkanes) is 1. The Bertz CT molecular complexity index is 888. The van der Waals surface area contributed by atoms with E-state index >= 15 is 0 Å². The highest BCUT2D eigenvalue weighted by molar-refractivity contribution is 5.48. The lowest BCUT2D eigenvalue weighted by Crippen LogP contribution is -2.48. The summed E-state index contributed by atoms with van der Waals surface area (Å²) in [4.78, 5) is 4.55. The molecular weight excluding hydrogens is 371 g/mol. The number of nitrogens with zero attached hydrogens (tertiary/aromatic N) is 6. The SMILES string of the molecule is CCCC[C@@H](c1nnnn1Cc1ccco1)N1CCN(c2ccccc2F)CC1. The molecule has 29 heavy (non-hydrogen) atoms. The van der Waals surface area contributed by atoms with Crippen molar-refractivity contribution in [2.75, 3.05) is 31.1 Å². The first kappa shape index (κ1) is 19.6. The van der Waals surface area contributed by atoms with Crippen molar-refractivity contribution in [1.29, 1.82) is 0 Å². The van der Waals surface area contributed by atoms with Crippen LogP contribution in [-0.2, 0) is 6.54 Å². The number of anilines is 1. The summed E-state index contributed by atoms with van der Waals surface area (Å²) in [5, 5.41) is 12.5. The molecule has 0 amide bonds. The number of benzene rings is 1. The molecule has 4 rings (SSSR count). The van der Waals surface area contributed by atoms with Gasteiger partial charge in [0.05, 0.1) is 18.0 Å². The van der Waals surface area contributed by atoms with E-state index in [2.05, 4.69) is 32.2 Å². The average molecular weight is 398 g/mol. The van der Waals surface area contributed by atoms with Crippen LogP contribution < -0.4 is 4.90 Å². The van der Waals surface area contributed by atoms with Crippen LogP contribution in [0.1, 0.15) is 43.8 Å². The smallest absolute Gasteiger partial charge is 0.168 e. The maximum absolute atomic E-state index is 14.2. The Labute approximate surface area is 170 Å². The quantitative estimate of drug-likeness (QED) is 0.579. The third-order valence-corrected chi connectivity index (χ3v) is 5.52. The van der Waals surface area contributed by atoms with Gasteiger partial charge in [-0.2, -0.15) is 0 Å². The number of aromatic nitrogens is 4. The molecule has 1 aliphatic rings. The van der Waals surface area contributed by atoms with E-state index in [0.29, 0.717) is 12.2 Å². The van der Waals surface area contributed by atoms with Gasteiger partial charge >= 0.3 is 0 Å². The lowest BCUT2D eigenvalue weighted by molar-refractivity contribution is 0.162. The number of furan rings is 1. The minimum atomic E-state index is -0.161. The molecular formula is C21H27FN6O. The Morgan fingerprint density at radius 1 is 1.10 bits per heavy atom. The summed E-state index contributed by atoms with van der Waals surface area (Å²) in [6, 6.07) is 10.9. The molecule has 0 spiro atoms. The zero-order valence-electron chi connectivity index (χ0n) is 16.7. The number of hydrogen-bond donors (Lipinski definition) is 0. The molecule has 0 N–H and O–H groups in total. The normalized spacial score (nSPS) is 16.3. The summed E-state index contributed by atoms with van der Waals surface area (Å²) in [7, 11) is 0. The van der Waals surface area contributed by atoms with E-state index in [-0.39, 0.29) is 11.9 Å². The predicted molar refractivity (Wildman–Crippen MR) is 108 cm³/mol. The van der Waals surface area contributed by atoms with Crippen molar-refractivity contribution >= 4 is 5.69 Å². The summed E-state index contributed by atoms with van der Waals surface area (Å²) >= 11 is 0. The van der Waals surface area contributed by atoms with Gasteiger partial charge in [0.1, 0.15) is 18.1 Å². The third-order valence-electron chi connectivity index (χ3n) is 5.52. The van der Waals surface area contributed by atoms with Crippen LogP contribution in [0.2, 0.25) is 0 Å². The van der Waals surface area contributed by atoms with Crippen LogP contribution in [-0.4, -0.2) is 51.3 Å². The Morgan fingerprint density at radius 2 is 1.93 bits per heavy atom. The van der Waals surface area contributed by atoms with Gasteiger partial charge < -0.3 is 9.32 Å². The molecule has 2 aromatic heterocycles. The fourth-order valence-electron chi connectivity index (χ4n) is 3.97. The van der Waals surface area contributed by atoms with E-state index in [1.165, 1.54) is 6.07 Å². The summed E-state index contributed by atoms with van der Waals surface area (Å²) in [6.07, 6.45) is 4.88. The highest BCUT2D eigenvalue weighted by Gasteiger charge is 2.29. The standard InChI is InChI=1S/C21H27FN6O/c1-2-3-9-20(21-23-24-25-28(21)16-17-7-6-15-29-17)27-13-11-26(12-14-27)19-10-5-4-8-18(19)22/h4-8,10,15,20H,2-3,9,11-14,16H2,1H3/t20-/m0/s1. The second-order valence-corrected chi connectivity index (χ2v) is 7.41. The zero-order valence-corrected chi connectivity index (χ0v) is 16.7. The molecule has 8 heteroatoms. The highest BCUT2D eigenvalue weighted by Crippen LogP contribution is 2.28. The molecule has 154 valence electrons. The van der Waals surface area contributed by atoms with Crippen LogP contribution in [0.3, 0.4) is 0 Å². The minimum Gasteiger partial charge on any atom is -0.467 e. The Hall–Kier alpha value is -2.74. The lowest BCUT2D eigenvalue weighted by Gasteiger charge is -2.39. The monoisotopic (exact) mass is 398 g/mol. The van der Waals surface area contributed by atoms with E-state index in [1.54, 1.807) is 12.3 Å². The van der Waals surface area contributed by atoms with Crippen LogP contribution >= 0.6 is 0 Å². The molecule has 0 saturated carbocycles. The van der Waals surface area contributed by atoms with E-state index in [1.807, 2.05) is 28.9 Å². The van der Waals surface area contributed by atoms with E-state index in [4.69, 9.17) is 4.42 Å². The maximum Gasteiger partial charge on any atom is 0.168 e. The first-order chi connectivity index (χ1) is 14.3. The minimum absolute atomic E-state index is 0.141. The molecule has 1 aliphatic heterocycles. The van der Waals surface area contributed by atoms with Gasteiger partial charge in [0, 0.05) is 26.2 Å². The number of halogens is 1. The Kier molecular flexibility index (Phi) is 6.19. The summed E-state index contributed by atoms with van der Waals surface area (Å²) < 4.78 is 21.5. The van der Waals surface area contributed by atoms with Crippen molar-refractivity contribution < 1.29 is 8.81 Å². The molecule has 0 radical (unpaired) electrons. The average Bonchev–Trinajstić information content (AvgIpc) is 3.42. The zero-order chi connectivity index (χ0) is 20.1. The number of hydrogen-bond acceptors (Lipinski definition) is 6. The number of para-hydroxylation sites is 1. The predicted octanol–water partition coefficient (Wildman–Crippen LogP) is 3.51. The van der Waals surface area contributed by atoms with Crippen molar-refractivity contribution in [3.63, 3.8) is 0 Å². The van der Waals surface area contributed by atoms with Crippen molar-refractivity contribution in [2.45, 2.75) is 38.8 Å². The van der Waals surface area contributed by atoms with Gasteiger partial charge in [0.25, 0.3) is 0 Å². The molecule has 1 saturated heterocycles.